The zero-order chi connectivity index (χ0) is 11.8. The average Bonchev–Trinajstić information content (AvgIpc) is 2.70. The summed E-state index contributed by atoms with van der Waals surface area (Å²) in [6.07, 6.45) is 0. The summed E-state index contributed by atoms with van der Waals surface area (Å²) < 4.78 is 0. The molecule has 0 amide bonds. The molecule has 0 spiro atoms. The molecule has 90 valence electrons. The number of benzene rings is 1. The van der Waals surface area contributed by atoms with Gasteiger partial charge in [-0.3, -0.25) is 0 Å². The molecule has 3 rings (SSSR count). The van der Waals surface area contributed by atoms with Crippen LogP contribution in [0.25, 0.3) is 11.0 Å². The first kappa shape index (κ1) is 10.6. The van der Waals surface area contributed by atoms with E-state index in [2.05, 4.69) is 45.0 Å². The number of nitrogens with one attached hydrogen (secondary N) is 1. The summed E-state index contributed by atoms with van der Waals surface area (Å²) in [6, 6.07) is 6.37. The Morgan fingerprint density at radius 3 is 2.71 bits per heavy atom. The number of aromatic amines is 1. The molecule has 1 saturated heterocycles. The van der Waals surface area contributed by atoms with E-state index < -0.39 is 0 Å². The van der Waals surface area contributed by atoms with Gasteiger partial charge in [-0.25, -0.2) is 4.98 Å². The van der Waals surface area contributed by atoms with Crippen LogP contribution in [0, 0.1) is 6.92 Å². The van der Waals surface area contributed by atoms with Gasteiger partial charge in [-0.15, -0.1) is 0 Å². The van der Waals surface area contributed by atoms with Crippen molar-refractivity contribution in [3.8, 4) is 0 Å². The molecule has 4 heteroatoms. The minimum Gasteiger partial charge on any atom is -0.367 e. The highest BCUT2D eigenvalue weighted by molar-refractivity contribution is 5.88. The van der Waals surface area contributed by atoms with Crippen LogP contribution in [-0.4, -0.2) is 48.1 Å². The van der Waals surface area contributed by atoms with Crippen LogP contribution in [0.2, 0.25) is 0 Å². The molecule has 1 fully saturated rings. The molecule has 1 aliphatic rings. The van der Waals surface area contributed by atoms with Gasteiger partial charge in [0.15, 0.2) is 0 Å². The second-order valence-corrected chi connectivity index (χ2v) is 4.79. The Hall–Kier alpha value is -1.55. The fraction of sp³-hybridized carbons (Fsp3) is 0.462. The normalized spacial score (nSPS) is 17.9. The van der Waals surface area contributed by atoms with E-state index in [4.69, 9.17) is 0 Å². The number of piperazine rings is 1. The monoisotopic (exact) mass is 230 g/mol. The van der Waals surface area contributed by atoms with Crippen molar-refractivity contribution in [3.05, 3.63) is 24.0 Å². The predicted molar refractivity (Wildman–Crippen MR) is 70.5 cm³/mol. The van der Waals surface area contributed by atoms with Gasteiger partial charge in [-0.05, 0) is 26.1 Å². The molecule has 0 radical (unpaired) electrons. The number of para-hydroxylation sites is 1. The van der Waals surface area contributed by atoms with E-state index in [9.17, 15) is 0 Å². The number of nitrogens with zero attached hydrogens (tertiary/aromatic N) is 3. The topological polar surface area (TPSA) is 35.2 Å². The first-order chi connectivity index (χ1) is 8.24. The largest absolute Gasteiger partial charge is 0.367 e. The molecule has 0 unspecified atom stereocenters. The second kappa shape index (κ2) is 4.04. The molecule has 0 aliphatic carbocycles. The van der Waals surface area contributed by atoms with Crippen LogP contribution >= 0.6 is 0 Å². The molecule has 4 nitrogen and oxygen atoms in total. The second-order valence-electron chi connectivity index (χ2n) is 4.79. The third kappa shape index (κ3) is 1.89. The summed E-state index contributed by atoms with van der Waals surface area (Å²) in [5.74, 6) is 0.988. The van der Waals surface area contributed by atoms with Crippen molar-refractivity contribution >= 4 is 16.7 Å². The zero-order valence-corrected chi connectivity index (χ0v) is 10.4. The number of rotatable bonds is 1. The Kier molecular flexibility index (Phi) is 2.52. The predicted octanol–water partition coefficient (Wildman–Crippen LogP) is 1.62. The quantitative estimate of drug-likeness (QED) is 0.808. The molecule has 0 saturated carbocycles. The Morgan fingerprint density at radius 2 is 1.94 bits per heavy atom. The number of aryl methyl sites for hydroxylation is 1. The van der Waals surface area contributed by atoms with Crippen molar-refractivity contribution in [2.45, 2.75) is 6.92 Å². The Balaban J connectivity index is 1.99. The number of hydrogen-bond acceptors (Lipinski definition) is 3. The lowest BCUT2D eigenvalue weighted by Gasteiger charge is -2.34. The fourth-order valence-corrected chi connectivity index (χ4v) is 2.44. The van der Waals surface area contributed by atoms with Gasteiger partial charge in [0.2, 0.25) is 0 Å². The lowest BCUT2D eigenvalue weighted by Crippen LogP contribution is -2.44. The standard InChI is InChI=1S/C13H18N4/c1-10-14-11-4-3-5-12(13(11)15-10)17-8-6-16(2)7-9-17/h3-5H,6-9H2,1-2H3,(H,14,15). The number of hydrogen-bond donors (Lipinski definition) is 1. The average molecular weight is 230 g/mol. The maximum Gasteiger partial charge on any atom is 0.112 e. The highest BCUT2D eigenvalue weighted by atomic mass is 15.3. The lowest BCUT2D eigenvalue weighted by atomic mass is 10.2. The lowest BCUT2D eigenvalue weighted by molar-refractivity contribution is 0.313. The molecule has 17 heavy (non-hydrogen) atoms. The summed E-state index contributed by atoms with van der Waals surface area (Å²) in [5, 5.41) is 0. The van der Waals surface area contributed by atoms with Crippen LogP contribution in [0.1, 0.15) is 5.82 Å². The first-order valence-electron chi connectivity index (χ1n) is 6.13. The molecular formula is C13H18N4. The summed E-state index contributed by atoms with van der Waals surface area (Å²) in [6.45, 7) is 6.43. The Morgan fingerprint density at radius 1 is 1.18 bits per heavy atom. The molecule has 2 aromatic rings. The van der Waals surface area contributed by atoms with E-state index >= 15 is 0 Å². The molecular weight excluding hydrogens is 212 g/mol. The van der Waals surface area contributed by atoms with Crippen LogP contribution in [0.4, 0.5) is 5.69 Å². The highest BCUT2D eigenvalue weighted by Gasteiger charge is 2.17. The van der Waals surface area contributed by atoms with Crippen LogP contribution in [-0.2, 0) is 0 Å². The van der Waals surface area contributed by atoms with Crippen molar-refractivity contribution in [2.24, 2.45) is 0 Å². The molecule has 1 aromatic heterocycles. The van der Waals surface area contributed by atoms with E-state index in [1.54, 1.807) is 0 Å². The Labute approximate surface area is 101 Å². The minimum absolute atomic E-state index is 0.988. The van der Waals surface area contributed by atoms with Crippen molar-refractivity contribution in [1.29, 1.82) is 0 Å². The summed E-state index contributed by atoms with van der Waals surface area (Å²) >= 11 is 0. The van der Waals surface area contributed by atoms with Gasteiger partial charge in [-0.2, -0.15) is 0 Å². The number of aromatic nitrogens is 2. The molecule has 1 aromatic carbocycles. The van der Waals surface area contributed by atoms with Crippen LogP contribution in [0.5, 0.6) is 0 Å². The van der Waals surface area contributed by atoms with Crippen LogP contribution in [0.3, 0.4) is 0 Å². The van der Waals surface area contributed by atoms with E-state index in [0.717, 1.165) is 43.0 Å². The number of H-pyrrole nitrogens is 1. The Bertz CT molecular complexity index is 523. The van der Waals surface area contributed by atoms with Gasteiger partial charge in [0, 0.05) is 26.2 Å². The van der Waals surface area contributed by atoms with Crippen LogP contribution in [0.15, 0.2) is 18.2 Å². The number of fused-ring (bicyclic) bond motifs is 1. The van der Waals surface area contributed by atoms with Crippen molar-refractivity contribution < 1.29 is 0 Å². The van der Waals surface area contributed by atoms with Gasteiger partial charge >= 0.3 is 0 Å². The van der Waals surface area contributed by atoms with E-state index in [-0.39, 0.29) is 0 Å². The van der Waals surface area contributed by atoms with Gasteiger partial charge in [0.05, 0.1) is 11.2 Å². The molecule has 0 atom stereocenters. The maximum absolute atomic E-state index is 4.60. The smallest absolute Gasteiger partial charge is 0.112 e. The first-order valence-corrected chi connectivity index (χ1v) is 6.13. The third-order valence-electron chi connectivity index (χ3n) is 3.45. The van der Waals surface area contributed by atoms with Crippen molar-refractivity contribution in [2.75, 3.05) is 38.1 Å². The van der Waals surface area contributed by atoms with Gasteiger partial charge in [0.25, 0.3) is 0 Å². The number of likely N-dealkylation sites (N-methyl/N-ethyl adjacent to an activating group) is 1. The van der Waals surface area contributed by atoms with E-state index in [1.807, 2.05) is 6.92 Å². The van der Waals surface area contributed by atoms with Crippen LogP contribution < -0.4 is 4.90 Å². The number of anilines is 1. The van der Waals surface area contributed by atoms with Gasteiger partial charge in [0.1, 0.15) is 11.3 Å². The summed E-state index contributed by atoms with van der Waals surface area (Å²) in [7, 11) is 2.18. The number of imidazole rings is 1. The summed E-state index contributed by atoms with van der Waals surface area (Å²) in [4.78, 5) is 12.7. The SMILES string of the molecule is Cc1nc2c(N3CCN(C)CC3)cccc2[nH]1. The third-order valence-corrected chi connectivity index (χ3v) is 3.45. The molecule has 2 heterocycles. The minimum atomic E-state index is 0.988. The summed E-state index contributed by atoms with van der Waals surface area (Å²) in [5.41, 5.74) is 3.51. The molecule has 1 aliphatic heterocycles. The maximum atomic E-state index is 4.60. The zero-order valence-electron chi connectivity index (χ0n) is 10.4. The van der Waals surface area contributed by atoms with E-state index in [0.29, 0.717) is 0 Å². The molecule has 1 N–H and O–H groups in total. The van der Waals surface area contributed by atoms with Gasteiger partial charge in [-0.1, -0.05) is 6.07 Å². The molecule has 0 bridgehead atoms. The van der Waals surface area contributed by atoms with Gasteiger partial charge < -0.3 is 14.8 Å². The van der Waals surface area contributed by atoms with Crippen molar-refractivity contribution in [3.63, 3.8) is 0 Å². The van der Waals surface area contributed by atoms with Crippen molar-refractivity contribution in [1.82, 2.24) is 14.9 Å². The highest BCUT2D eigenvalue weighted by Crippen LogP contribution is 2.25. The fourth-order valence-electron chi connectivity index (χ4n) is 2.44. The van der Waals surface area contributed by atoms with E-state index in [1.165, 1.54) is 5.69 Å².